The fourth-order valence-electron chi connectivity index (χ4n) is 0.999. The van der Waals surface area contributed by atoms with Gasteiger partial charge in [0.15, 0.2) is 0 Å². The molecule has 1 aliphatic heterocycles. The lowest BCUT2D eigenvalue weighted by molar-refractivity contribution is -0.121. The topological polar surface area (TPSA) is 29.1 Å². The van der Waals surface area contributed by atoms with Crippen LogP contribution < -0.4 is 5.32 Å². The molecule has 0 unspecified atom stereocenters. The van der Waals surface area contributed by atoms with Crippen LogP contribution in [0.2, 0.25) is 0 Å². The summed E-state index contributed by atoms with van der Waals surface area (Å²) in [5.74, 6) is 0.198. The van der Waals surface area contributed by atoms with Crippen molar-refractivity contribution in [3.05, 3.63) is 12.2 Å². The number of hydrogen-bond donors (Lipinski definition) is 1. The van der Waals surface area contributed by atoms with E-state index in [1.54, 1.807) is 0 Å². The third-order valence-corrected chi connectivity index (χ3v) is 1.57. The number of rotatable bonds is 0. The summed E-state index contributed by atoms with van der Waals surface area (Å²) in [6, 6.07) is 0. The maximum absolute atomic E-state index is 10.8. The quantitative estimate of drug-likeness (QED) is 0.502. The fraction of sp³-hybridized carbons (Fsp3) is 0.625. The first-order chi connectivity index (χ1) is 4.89. The van der Waals surface area contributed by atoms with Crippen LogP contribution in [0.1, 0.15) is 25.7 Å². The van der Waals surface area contributed by atoms with Gasteiger partial charge in [-0.25, -0.2) is 0 Å². The molecule has 56 valence electrons. The molecule has 0 radical (unpaired) electrons. The average Bonchev–Trinajstić information content (AvgIpc) is 2.02. The monoisotopic (exact) mass is 139 g/mol. The lowest BCUT2D eigenvalue weighted by Crippen LogP contribution is -2.23. The molecule has 0 bridgehead atoms. The van der Waals surface area contributed by atoms with Crippen molar-refractivity contribution in [2.45, 2.75) is 25.7 Å². The van der Waals surface area contributed by atoms with Gasteiger partial charge in [0.05, 0.1) is 0 Å². The summed E-state index contributed by atoms with van der Waals surface area (Å²) in [5, 5.41) is 2.83. The van der Waals surface area contributed by atoms with Crippen LogP contribution in [0.25, 0.3) is 0 Å². The van der Waals surface area contributed by atoms with E-state index in [1.807, 2.05) is 0 Å². The van der Waals surface area contributed by atoms with E-state index in [-0.39, 0.29) is 5.91 Å². The molecular formula is C8H13NO. The van der Waals surface area contributed by atoms with Gasteiger partial charge in [0, 0.05) is 13.0 Å². The highest BCUT2D eigenvalue weighted by molar-refractivity contribution is 5.75. The van der Waals surface area contributed by atoms with E-state index in [0.29, 0.717) is 6.42 Å². The summed E-state index contributed by atoms with van der Waals surface area (Å²) in [7, 11) is 0. The molecule has 1 N–H and O–H groups in total. The molecular weight excluding hydrogens is 126 g/mol. The van der Waals surface area contributed by atoms with Crippen LogP contribution >= 0.6 is 0 Å². The van der Waals surface area contributed by atoms with Gasteiger partial charge in [-0.15, -0.1) is 0 Å². The van der Waals surface area contributed by atoms with Gasteiger partial charge in [-0.2, -0.15) is 0 Å². The highest BCUT2D eigenvalue weighted by Gasteiger charge is 1.99. The average molecular weight is 139 g/mol. The molecule has 0 aromatic heterocycles. The second kappa shape index (κ2) is 4.09. The van der Waals surface area contributed by atoms with Crippen molar-refractivity contribution >= 4 is 5.91 Å². The van der Waals surface area contributed by atoms with Crippen molar-refractivity contribution in [2.75, 3.05) is 6.54 Å². The summed E-state index contributed by atoms with van der Waals surface area (Å²) in [6.07, 6.45) is 7.98. The Morgan fingerprint density at radius 3 is 3.00 bits per heavy atom. The van der Waals surface area contributed by atoms with E-state index in [2.05, 4.69) is 17.5 Å². The third-order valence-electron chi connectivity index (χ3n) is 1.57. The van der Waals surface area contributed by atoms with Crippen molar-refractivity contribution in [3.63, 3.8) is 0 Å². The van der Waals surface area contributed by atoms with Crippen LogP contribution in [-0.4, -0.2) is 12.5 Å². The number of amides is 1. The lowest BCUT2D eigenvalue weighted by atomic mass is 10.2. The molecule has 2 heteroatoms. The predicted molar refractivity (Wildman–Crippen MR) is 40.6 cm³/mol. The van der Waals surface area contributed by atoms with Crippen LogP contribution in [0.3, 0.4) is 0 Å². The van der Waals surface area contributed by atoms with Crippen LogP contribution in [-0.2, 0) is 4.79 Å². The smallest absolute Gasteiger partial charge is 0.220 e. The van der Waals surface area contributed by atoms with Crippen molar-refractivity contribution in [2.24, 2.45) is 0 Å². The summed E-state index contributed by atoms with van der Waals surface area (Å²) in [6.45, 7) is 0.801. The zero-order valence-electron chi connectivity index (χ0n) is 6.10. The molecule has 0 fully saturated rings. The minimum atomic E-state index is 0.198. The fourth-order valence-corrected chi connectivity index (χ4v) is 0.999. The van der Waals surface area contributed by atoms with Crippen LogP contribution in [0.4, 0.5) is 0 Å². The molecule has 1 amide bonds. The Balaban J connectivity index is 2.31. The lowest BCUT2D eigenvalue weighted by Gasteiger charge is -1.99. The minimum Gasteiger partial charge on any atom is -0.356 e. The molecule has 0 saturated heterocycles. The van der Waals surface area contributed by atoms with Crippen LogP contribution in [0.5, 0.6) is 0 Å². The normalized spacial score (nSPS) is 23.8. The van der Waals surface area contributed by atoms with Crippen molar-refractivity contribution < 1.29 is 4.79 Å². The third kappa shape index (κ3) is 2.67. The number of hydrogen-bond acceptors (Lipinski definition) is 1. The maximum Gasteiger partial charge on any atom is 0.220 e. The molecule has 1 aliphatic rings. The molecule has 0 aromatic rings. The first-order valence-corrected chi connectivity index (χ1v) is 3.81. The van der Waals surface area contributed by atoms with Gasteiger partial charge in [0.1, 0.15) is 0 Å². The Hall–Kier alpha value is -0.790. The van der Waals surface area contributed by atoms with Crippen LogP contribution in [0.15, 0.2) is 12.2 Å². The van der Waals surface area contributed by atoms with E-state index in [4.69, 9.17) is 0 Å². The SMILES string of the molecule is O=C1CCC/C=C\CCN1. The van der Waals surface area contributed by atoms with E-state index in [1.165, 1.54) is 0 Å². The number of carbonyl (C=O) groups excluding carboxylic acids is 1. The highest BCUT2D eigenvalue weighted by Crippen LogP contribution is 1.99. The largest absolute Gasteiger partial charge is 0.356 e. The summed E-state index contributed by atoms with van der Waals surface area (Å²) in [5.41, 5.74) is 0. The first-order valence-electron chi connectivity index (χ1n) is 3.81. The van der Waals surface area contributed by atoms with E-state index >= 15 is 0 Å². The number of nitrogens with one attached hydrogen (secondary N) is 1. The standard InChI is InChI=1S/C8H13NO/c10-8-6-4-2-1-3-5-7-9-8/h1,3H,2,4-7H2,(H,9,10)/b3-1-. The molecule has 0 aromatic carbocycles. The second-order valence-corrected chi connectivity index (χ2v) is 2.50. The summed E-state index contributed by atoms with van der Waals surface area (Å²) in [4.78, 5) is 10.8. The molecule has 2 nitrogen and oxygen atoms in total. The molecule has 0 spiro atoms. The molecule has 0 atom stereocenters. The Morgan fingerprint density at radius 2 is 2.10 bits per heavy atom. The molecule has 10 heavy (non-hydrogen) atoms. The maximum atomic E-state index is 10.8. The van der Waals surface area contributed by atoms with E-state index in [0.717, 1.165) is 25.8 Å². The Bertz CT molecular complexity index is 126. The van der Waals surface area contributed by atoms with Crippen molar-refractivity contribution in [1.82, 2.24) is 5.32 Å². The minimum absolute atomic E-state index is 0.198. The summed E-state index contributed by atoms with van der Waals surface area (Å²) >= 11 is 0. The second-order valence-electron chi connectivity index (χ2n) is 2.50. The van der Waals surface area contributed by atoms with Crippen LogP contribution in [0, 0.1) is 0 Å². The Labute approximate surface area is 61.3 Å². The Morgan fingerprint density at radius 1 is 1.30 bits per heavy atom. The highest BCUT2D eigenvalue weighted by atomic mass is 16.1. The van der Waals surface area contributed by atoms with Gasteiger partial charge in [0.2, 0.25) is 5.91 Å². The number of carbonyl (C=O) groups is 1. The summed E-state index contributed by atoms with van der Waals surface area (Å²) < 4.78 is 0. The van der Waals surface area contributed by atoms with Gasteiger partial charge < -0.3 is 5.32 Å². The Kier molecular flexibility index (Phi) is 3.00. The molecule has 0 saturated carbocycles. The van der Waals surface area contributed by atoms with Gasteiger partial charge in [-0.05, 0) is 19.3 Å². The zero-order valence-corrected chi connectivity index (χ0v) is 6.10. The molecule has 1 heterocycles. The zero-order chi connectivity index (χ0) is 7.23. The van der Waals surface area contributed by atoms with E-state index in [9.17, 15) is 4.79 Å². The van der Waals surface area contributed by atoms with Crippen molar-refractivity contribution in [3.8, 4) is 0 Å². The van der Waals surface area contributed by atoms with Gasteiger partial charge >= 0.3 is 0 Å². The van der Waals surface area contributed by atoms with Crippen molar-refractivity contribution in [1.29, 1.82) is 0 Å². The van der Waals surface area contributed by atoms with E-state index < -0.39 is 0 Å². The molecule has 1 rings (SSSR count). The van der Waals surface area contributed by atoms with Gasteiger partial charge in [-0.3, -0.25) is 4.79 Å². The molecule has 0 aliphatic carbocycles. The first kappa shape index (κ1) is 7.32. The van der Waals surface area contributed by atoms with Gasteiger partial charge in [0.25, 0.3) is 0 Å². The number of allylic oxidation sites excluding steroid dienone is 1. The predicted octanol–water partition coefficient (Wildman–Crippen LogP) is 1.23. The van der Waals surface area contributed by atoms with Gasteiger partial charge in [-0.1, -0.05) is 12.2 Å².